The van der Waals surface area contributed by atoms with Gasteiger partial charge in [-0.1, -0.05) is 6.08 Å². The molecule has 1 aliphatic rings. The van der Waals surface area contributed by atoms with Crippen LogP contribution in [0.5, 0.6) is 0 Å². The predicted octanol–water partition coefficient (Wildman–Crippen LogP) is 1.91. The molecule has 0 radical (unpaired) electrons. The number of nitrogens with zero attached hydrogens (tertiary/aromatic N) is 1. The summed E-state index contributed by atoms with van der Waals surface area (Å²) in [6.45, 7) is 3.31. The minimum Gasteiger partial charge on any atom is -0.463 e. The van der Waals surface area contributed by atoms with Gasteiger partial charge in [0.25, 0.3) is 0 Å². The molecule has 0 bridgehead atoms. The van der Waals surface area contributed by atoms with Crippen LogP contribution in [-0.2, 0) is 14.3 Å². The van der Waals surface area contributed by atoms with Crippen molar-refractivity contribution < 1.29 is 14.3 Å². The lowest BCUT2D eigenvalue weighted by atomic mass is 9.94. The van der Waals surface area contributed by atoms with Crippen LogP contribution in [-0.4, -0.2) is 24.0 Å². The molecule has 0 fully saturated rings. The van der Waals surface area contributed by atoms with Gasteiger partial charge in [0, 0.05) is 18.3 Å². The van der Waals surface area contributed by atoms with Crippen LogP contribution in [0, 0.1) is 11.3 Å². The van der Waals surface area contributed by atoms with E-state index in [-0.39, 0.29) is 12.5 Å². The van der Waals surface area contributed by atoms with Crippen molar-refractivity contribution in [2.45, 2.75) is 19.4 Å². The van der Waals surface area contributed by atoms with Gasteiger partial charge < -0.3 is 15.4 Å². The number of hydrogen-bond acceptors (Lipinski definition) is 5. The normalized spacial score (nSPS) is 18.9. The van der Waals surface area contributed by atoms with Crippen LogP contribution in [0.2, 0.25) is 0 Å². The average Bonchev–Trinajstić information content (AvgIpc) is 2.46. The van der Waals surface area contributed by atoms with Crippen molar-refractivity contribution in [1.82, 2.24) is 0 Å². The third-order valence-corrected chi connectivity index (χ3v) is 2.99. The quantitative estimate of drug-likeness (QED) is 0.828. The smallest absolute Gasteiger partial charge is 0.350 e. The summed E-state index contributed by atoms with van der Waals surface area (Å²) in [6, 6.07) is 7.10. The molecule has 0 saturated carbocycles. The molecule has 1 amide bonds. The number of nitriles is 1. The van der Waals surface area contributed by atoms with Crippen molar-refractivity contribution in [2.75, 3.05) is 17.2 Å². The van der Waals surface area contributed by atoms with Crippen LogP contribution in [0.3, 0.4) is 0 Å². The standard InChI is InChI=1S/C15H15N3O3/c1-3-21-14(20)15(9-16)7-6-11-8-12(17-10(2)19)4-5-13(11)18-15/h4-8,18H,3H2,1-2H3,(H,17,19). The van der Waals surface area contributed by atoms with E-state index in [1.807, 2.05) is 6.07 Å². The van der Waals surface area contributed by atoms with Crippen LogP contribution < -0.4 is 10.6 Å². The van der Waals surface area contributed by atoms with E-state index >= 15 is 0 Å². The number of hydrogen-bond donors (Lipinski definition) is 2. The first-order valence-electron chi connectivity index (χ1n) is 6.48. The number of nitrogens with one attached hydrogen (secondary N) is 2. The lowest BCUT2D eigenvalue weighted by Crippen LogP contribution is -2.45. The molecule has 1 heterocycles. The fourth-order valence-electron chi connectivity index (χ4n) is 2.04. The molecule has 0 spiro atoms. The van der Waals surface area contributed by atoms with E-state index in [9.17, 15) is 14.9 Å². The molecular formula is C15H15N3O3. The molecule has 1 unspecified atom stereocenters. The van der Waals surface area contributed by atoms with Crippen LogP contribution in [0.4, 0.5) is 11.4 Å². The summed E-state index contributed by atoms with van der Waals surface area (Å²) in [5, 5.41) is 14.9. The first-order chi connectivity index (χ1) is 10.0. The zero-order valence-corrected chi connectivity index (χ0v) is 11.8. The van der Waals surface area contributed by atoms with Gasteiger partial charge in [-0.15, -0.1) is 0 Å². The van der Waals surface area contributed by atoms with Crippen LogP contribution >= 0.6 is 0 Å². The number of esters is 1. The Labute approximate surface area is 122 Å². The third kappa shape index (κ3) is 2.87. The number of benzene rings is 1. The molecule has 1 atom stereocenters. The Morgan fingerprint density at radius 2 is 2.24 bits per heavy atom. The molecule has 0 aliphatic carbocycles. The van der Waals surface area contributed by atoms with E-state index in [0.29, 0.717) is 11.4 Å². The van der Waals surface area contributed by atoms with Crippen molar-refractivity contribution in [1.29, 1.82) is 5.26 Å². The van der Waals surface area contributed by atoms with Gasteiger partial charge in [-0.2, -0.15) is 5.26 Å². The maximum atomic E-state index is 12.0. The summed E-state index contributed by atoms with van der Waals surface area (Å²) in [6.07, 6.45) is 3.13. The number of rotatable bonds is 3. The van der Waals surface area contributed by atoms with E-state index < -0.39 is 11.5 Å². The highest BCUT2D eigenvalue weighted by Gasteiger charge is 2.40. The molecule has 0 aromatic heterocycles. The number of fused-ring (bicyclic) bond motifs is 1. The van der Waals surface area contributed by atoms with Crippen molar-refractivity contribution in [3.63, 3.8) is 0 Å². The van der Waals surface area contributed by atoms with Crippen LogP contribution in [0.1, 0.15) is 19.4 Å². The van der Waals surface area contributed by atoms with Gasteiger partial charge in [0.15, 0.2) is 0 Å². The number of anilines is 2. The first kappa shape index (κ1) is 14.6. The average molecular weight is 285 g/mol. The van der Waals surface area contributed by atoms with E-state index in [1.165, 1.54) is 13.0 Å². The van der Waals surface area contributed by atoms with Gasteiger partial charge in [0.2, 0.25) is 11.4 Å². The van der Waals surface area contributed by atoms with Gasteiger partial charge in [-0.05, 0) is 36.8 Å². The third-order valence-electron chi connectivity index (χ3n) is 2.99. The van der Waals surface area contributed by atoms with Crippen molar-refractivity contribution >= 4 is 29.3 Å². The summed E-state index contributed by atoms with van der Waals surface area (Å²) < 4.78 is 4.93. The van der Waals surface area contributed by atoms with Gasteiger partial charge in [0.1, 0.15) is 6.07 Å². The first-order valence-corrected chi connectivity index (χ1v) is 6.48. The fourth-order valence-corrected chi connectivity index (χ4v) is 2.04. The number of amides is 1. The molecule has 21 heavy (non-hydrogen) atoms. The SMILES string of the molecule is CCOC(=O)C1(C#N)C=Cc2cc(NC(C)=O)ccc2N1. The molecule has 108 valence electrons. The van der Waals surface area contributed by atoms with Gasteiger partial charge in [-0.3, -0.25) is 4.79 Å². The summed E-state index contributed by atoms with van der Waals surface area (Å²) in [4.78, 5) is 23.0. The highest BCUT2D eigenvalue weighted by atomic mass is 16.5. The lowest BCUT2D eigenvalue weighted by Gasteiger charge is -2.28. The Morgan fingerprint density at radius 3 is 2.86 bits per heavy atom. The Balaban J connectivity index is 2.32. The Morgan fingerprint density at radius 1 is 1.48 bits per heavy atom. The van der Waals surface area contributed by atoms with E-state index in [4.69, 9.17) is 4.74 Å². The number of carbonyl (C=O) groups is 2. The second kappa shape index (κ2) is 5.67. The monoisotopic (exact) mass is 285 g/mol. The van der Waals surface area contributed by atoms with E-state index in [0.717, 1.165) is 5.56 Å². The summed E-state index contributed by atoms with van der Waals surface area (Å²) in [5.74, 6) is -0.805. The van der Waals surface area contributed by atoms with Crippen LogP contribution in [0.15, 0.2) is 24.3 Å². The summed E-state index contributed by atoms with van der Waals surface area (Å²) >= 11 is 0. The fraction of sp³-hybridized carbons (Fsp3) is 0.267. The number of ether oxygens (including phenoxy) is 1. The zero-order chi connectivity index (χ0) is 15.5. The molecule has 6 heteroatoms. The molecule has 2 N–H and O–H groups in total. The Hall–Kier alpha value is -2.81. The maximum absolute atomic E-state index is 12.0. The second-order valence-electron chi connectivity index (χ2n) is 4.58. The predicted molar refractivity (Wildman–Crippen MR) is 78.4 cm³/mol. The van der Waals surface area contributed by atoms with E-state index in [1.54, 1.807) is 31.2 Å². The highest BCUT2D eigenvalue weighted by molar-refractivity contribution is 5.96. The molecule has 1 aliphatic heterocycles. The zero-order valence-electron chi connectivity index (χ0n) is 11.8. The van der Waals surface area contributed by atoms with E-state index in [2.05, 4.69) is 10.6 Å². The molecule has 0 saturated heterocycles. The summed E-state index contributed by atoms with van der Waals surface area (Å²) in [5.41, 5.74) is 0.532. The molecule has 2 rings (SSSR count). The van der Waals surface area contributed by atoms with Crippen molar-refractivity contribution in [2.24, 2.45) is 0 Å². The lowest BCUT2D eigenvalue weighted by molar-refractivity contribution is -0.145. The minimum absolute atomic E-state index is 0.166. The Kier molecular flexibility index (Phi) is 3.94. The van der Waals surface area contributed by atoms with Gasteiger partial charge in [0.05, 0.1) is 6.61 Å². The second-order valence-corrected chi connectivity index (χ2v) is 4.58. The van der Waals surface area contributed by atoms with Crippen LogP contribution in [0.25, 0.3) is 6.08 Å². The molecule has 6 nitrogen and oxygen atoms in total. The summed E-state index contributed by atoms with van der Waals surface area (Å²) in [7, 11) is 0. The molecular weight excluding hydrogens is 270 g/mol. The van der Waals surface area contributed by atoms with Crippen molar-refractivity contribution in [3.8, 4) is 6.07 Å². The minimum atomic E-state index is -1.52. The molecule has 1 aromatic carbocycles. The highest BCUT2D eigenvalue weighted by Crippen LogP contribution is 2.31. The number of carbonyl (C=O) groups excluding carboxylic acids is 2. The molecule has 1 aromatic rings. The topological polar surface area (TPSA) is 91.2 Å². The van der Waals surface area contributed by atoms with Crippen molar-refractivity contribution in [3.05, 3.63) is 29.8 Å². The Bertz CT molecular complexity index is 661. The van der Waals surface area contributed by atoms with Gasteiger partial charge >= 0.3 is 5.97 Å². The maximum Gasteiger partial charge on any atom is 0.350 e. The largest absolute Gasteiger partial charge is 0.463 e. The van der Waals surface area contributed by atoms with Gasteiger partial charge in [-0.25, -0.2) is 4.79 Å².